The lowest BCUT2D eigenvalue weighted by Gasteiger charge is -2.21. The van der Waals surface area contributed by atoms with Crippen LogP contribution in [0.3, 0.4) is 0 Å². The first-order chi connectivity index (χ1) is 10.2. The average molecular weight is 414 g/mol. The number of halogens is 2. The van der Waals surface area contributed by atoms with E-state index in [0.717, 1.165) is 35.9 Å². The molecular weight excluding hydrogens is 397 g/mol. The normalized spacial score (nSPS) is 14.6. The first kappa shape index (κ1) is 15.1. The van der Waals surface area contributed by atoms with Gasteiger partial charge in [-0.25, -0.2) is 0 Å². The van der Waals surface area contributed by atoms with Crippen LogP contribution in [0.1, 0.15) is 29.7 Å². The lowest BCUT2D eigenvalue weighted by Crippen LogP contribution is -2.22. The first-order valence-electron chi connectivity index (χ1n) is 7.13. The molecule has 2 aromatic rings. The number of hydrogen-bond acceptors (Lipinski definition) is 2. The molecule has 1 unspecified atom stereocenters. The molecule has 0 fully saturated rings. The first-order valence-corrected chi connectivity index (χ1v) is 8.58. The van der Waals surface area contributed by atoms with E-state index in [1.807, 2.05) is 12.1 Å². The average Bonchev–Trinajstić information content (AvgIpc) is 2.93. The molecule has 0 spiro atoms. The van der Waals surface area contributed by atoms with Gasteiger partial charge in [-0.3, -0.25) is 0 Å². The molecule has 0 bridgehead atoms. The Hall–Kier alpha value is -0.780. The zero-order chi connectivity index (χ0) is 14.8. The van der Waals surface area contributed by atoms with Crippen LogP contribution in [0, 0.1) is 3.57 Å². The van der Waals surface area contributed by atoms with Crippen molar-refractivity contribution in [3.63, 3.8) is 0 Å². The molecule has 0 amide bonds. The molecule has 1 aliphatic rings. The third kappa shape index (κ3) is 3.20. The van der Waals surface area contributed by atoms with E-state index in [1.54, 1.807) is 0 Å². The van der Waals surface area contributed by atoms with Gasteiger partial charge in [0.2, 0.25) is 0 Å². The van der Waals surface area contributed by atoms with Crippen molar-refractivity contribution in [2.24, 2.45) is 0 Å². The van der Waals surface area contributed by atoms with Gasteiger partial charge in [0.05, 0.1) is 12.6 Å². The predicted molar refractivity (Wildman–Crippen MR) is 95.3 cm³/mol. The highest BCUT2D eigenvalue weighted by molar-refractivity contribution is 14.1. The quantitative estimate of drug-likeness (QED) is 0.741. The minimum Gasteiger partial charge on any atom is -0.493 e. The van der Waals surface area contributed by atoms with Crippen LogP contribution in [-0.2, 0) is 6.42 Å². The Morgan fingerprint density at radius 2 is 2.05 bits per heavy atom. The number of nitrogens with one attached hydrogen (secondary N) is 1. The fraction of sp³-hybridized carbons (Fsp3) is 0.294. The van der Waals surface area contributed by atoms with Crippen LogP contribution >= 0.6 is 34.2 Å². The minimum absolute atomic E-state index is 0.109. The molecule has 21 heavy (non-hydrogen) atoms. The Morgan fingerprint density at radius 1 is 1.29 bits per heavy atom. The molecule has 1 aliphatic heterocycles. The zero-order valence-corrected chi connectivity index (χ0v) is 14.7. The predicted octanol–water partition coefficient (Wildman–Crippen LogP) is 4.58. The van der Waals surface area contributed by atoms with Crippen LogP contribution in [0.2, 0.25) is 5.02 Å². The van der Waals surface area contributed by atoms with Crippen molar-refractivity contribution in [3.8, 4) is 5.75 Å². The number of hydrogen-bond donors (Lipinski definition) is 1. The van der Waals surface area contributed by atoms with Crippen molar-refractivity contribution in [2.45, 2.75) is 19.4 Å². The van der Waals surface area contributed by atoms with Crippen LogP contribution in [0.5, 0.6) is 5.75 Å². The minimum atomic E-state index is 0.109. The number of rotatable bonds is 4. The van der Waals surface area contributed by atoms with E-state index >= 15 is 0 Å². The molecular formula is C17H17ClINO. The van der Waals surface area contributed by atoms with E-state index in [-0.39, 0.29) is 6.04 Å². The highest BCUT2D eigenvalue weighted by atomic mass is 127. The van der Waals surface area contributed by atoms with Crippen LogP contribution in [0.4, 0.5) is 0 Å². The molecule has 2 aromatic carbocycles. The van der Waals surface area contributed by atoms with E-state index in [4.69, 9.17) is 16.3 Å². The molecule has 2 nitrogen and oxygen atoms in total. The standard InChI is InChI=1S/C17H17ClINO/c1-2-20-16(11-3-5-14(19)6-4-11)15-10-13(18)9-12-7-8-21-17(12)15/h3-6,9-10,16,20H,2,7-8H2,1H3. The summed E-state index contributed by atoms with van der Waals surface area (Å²) in [6.07, 6.45) is 0.939. The van der Waals surface area contributed by atoms with Gasteiger partial charge in [-0.15, -0.1) is 0 Å². The number of fused-ring (bicyclic) bond motifs is 1. The lowest BCUT2D eigenvalue weighted by molar-refractivity contribution is 0.350. The van der Waals surface area contributed by atoms with Crippen LogP contribution in [-0.4, -0.2) is 13.2 Å². The van der Waals surface area contributed by atoms with Gasteiger partial charge in [-0.1, -0.05) is 30.7 Å². The maximum atomic E-state index is 6.30. The van der Waals surface area contributed by atoms with Crippen molar-refractivity contribution in [1.82, 2.24) is 5.32 Å². The molecule has 1 atom stereocenters. The Kier molecular flexibility index (Phi) is 4.72. The van der Waals surface area contributed by atoms with E-state index < -0.39 is 0 Å². The maximum absolute atomic E-state index is 6.30. The number of ether oxygens (including phenoxy) is 1. The molecule has 0 aliphatic carbocycles. The second kappa shape index (κ2) is 6.55. The molecule has 0 radical (unpaired) electrons. The van der Waals surface area contributed by atoms with Crippen LogP contribution < -0.4 is 10.1 Å². The molecule has 0 saturated carbocycles. The second-order valence-corrected chi connectivity index (χ2v) is 6.81. The number of benzene rings is 2. The molecule has 4 heteroatoms. The van der Waals surface area contributed by atoms with Gasteiger partial charge in [-0.2, -0.15) is 0 Å². The smallest absolute Gasteiger partial charge is 0.127 e. The summed E-state index contributed by atoms with van der Waals surface area (Å²) in [4.78, 5) is 0. The largest absolute Gasteiger partial charge is 0.493 e. The highest BCUT2D eigenvalue weighted by Gasteiger charge is 2.24. The fourth-order valence-corrected chi connectivity index (χ4v) is 3.39. The van der Waals surface area contributed by atoms with E-state index in [1.165, 1.54) is 14.7 Å². The summed E-state index contributed by atoms with van der Waals surface area (Å²) in [6, 6.07) is 12.7. The Balaban J connectivity index is 2.07. The Bertz CT molecular complexity index is 642. The summed E-state index contributed by atoms with van der Waals surface area (Å²) >= 11 is 8.63. The van der Waals surface area contributed by atoms with Gasteiger partial charge in [-0.05, 0) is 64.5 Å². The molecule has 0 aromatic heterocycles. The SMILES string of the molecule is CCNC(c1ccc(I)cc1)c1cc(Cl)cc2c1OCC2. The maximum Gasteiger partial charge on any atom is 0.127 e. The van der Waals surface area contributed by atoms with Crippen molar-refractivity contribution < 1.29 is 4.74 Å². The fourth-order valence-electron chi connectivity index (χ4n) is 2.78. The summed E-state index contributed by atoms with van der Waals surface area (Å²) in [5.74, 6) is 1.00. The molecule has 1 N–H and O–H groups in total. The third-order valence-corrected chi connectivity index (χ3v) is 4.64. The Labute approximate surface area is 144 Å². The van der Waals surface area contributed by atoms with Crippen LogP contribution in [0.15, 0.2) is 36.4 Å². The van der Waals surface area contributed by atoms with Gasteiger partial charge < -0.3 is 10.1 Å². The highest BCUT2D eigenvalue weighted by Crippen LogP contribution is 2.38. The van der Waals surface area contributed by atoms with Gasteiger partial charge >= 0.3 is 0 Å². The second-order valence-electron chi connectivity index (χ2n) is 5.12. The van der Waals surface area contributed by atoms with Crippen molar-refractivity contribution in [1.29, 1.82) is 0 Å². The summed E-state index contributed by atoms with van der Waals surface area (Å²) in [5, 5.41) is 4.33. The topological polar surface area (TPSA) is 21.3 Å². The van der Waals surface area contributed by atoms with Crippen molar-refractivity contribution in [3.05, 3.63) is 61.7 Å². The molecule has 0 saturated heterocycles. The van der Waals surface area contributed by atoms with Gasteiger partial charge in [0.15, 0.2) is 0 Å². The zero-order valence-electron chi connectivity index (χ0n) is 11.8. The van der Waals surface area contributed by atoms with Crippen molar-refractivity contribution in [2.75, 3.05) is 13.2 Å². The molecule has 110 valence electrons. The summed E-state index contributed by atoms with van der Waals surface area (Å²) in [7, 11) is 0. The molecule has 1 heterocycles. The van der Waals surface area contributed by atoms with Gasteiger partial charge in [0, 0.05) is 20.6 Å². The lowest BCUT2D eigenvalue weighted by atomic mass is 9.95. The van der Waals surface area contributed by atoms with Crippen molar-refractivity contribution >= 4 is 34.2 Å². The Morgan fingerprint density at radius 3 is 2.76 bits per heavy atom. The monoisotopic (exact) mass is 413 g/mol. The summed E-state index contributed by atoms with van der Waals surface area (Å²) in [5.41, 5.74) is 3.58. The molecule has 3 rings (SSSR count). The summed E-state index contributed by atoms with van der Waals surface area (Å²) < 4.78 is 7.09. The van der Waals surface area contributed by atoms with E-state index in [2.05, 4.69) is 59.1 Å². The third-order valence-electron chi connectivity index (χ3n) is 3.70. The van der Waals surface area contributed by atoms with E-state index in [9.17, 15) is 0 Å². The van der Waals surface area contributed by atoms with Crippen LogP contribution in [0.25, 0.3) is 0 Å². The van der Waals surface area contributed by atoms with E-state index in [0.29, 0.717) is 0 Å². The van der Waals surface area contributed by atoms with Gasteiger partial charge in [0.25, 0.3) is 0 Å². The summed E-state index contributed by atoms with van der Waals surface area (Å²) in [6.45, 7) is 3.75. The van der Waals surface area contributed by atoms with Gasteiger partial charge in [0.1, 0.15) is 5.75 Å².